The minimum absolute atomic E-state index is 0.909. The Labute approximate surface area is 484 Å². The molecule has 1 aromatic heterocycles. The van der Waals surface area contributed by atoms with E-state index in [0.717, 1.165) is 23.0 Å². The molecule has 82 heavy (non-hydrogen) atoms. The van der Waals surface area contributed by atoms with Gasteiger partial charge in [-0.2, -0.15) is 0 Å². The molecule has 1 aliphatic rings. The Morgan fingerprint density at radius 1 is 0.305 bits per heavy atom. The molecule has 0 saturated heterocycles. The predicted molar refractivity (Wildman–Crippen MR) is 360 cm³/mol. The van der Waals surface area contributed by atoms with Crippen LogP contribution in [-0.4, -0.2) is 8.07 Å². The van der Waals surface area contributed by atoms with Gasteiger partial charge in [-0.15, -0.1) is 0 Å². The molecular weight excluding hydrogens is 1000 g/mol. The number of unbranched alkanes of at least 4 members (excludes halogenated alkanes) is 9. The highest BCUT2D eigenvalue weighted by Crippen LogP contribution is 2.49. The summed E-state index contributed by atoms with van der Waals surface area (Å²) in [6, 6.07) is 80.6. The van der Waals surface area contributed by atoms with Crippen molar-refractivity contribution in [3.63, 3.8) is 0 Å². The van der Waals surface area contributed by atoms with Gasteiger partial charge in [-0.3, -0.25) is 0 Å². The van der Waals surface area contributed by atoms with Crippen LogP contribution in [0.1, 0.15) is 103 Å². The van der Waals surface area contributed by atoms with Crippen molar-refractivity contribution in [3.05, 3.63) is 206 Å². The van der Waals surface area contributed by atoms with Crippen molar-refractivity contribution in [2.75, 3.05) is 0 Å². The Morgan fingerprint density at radius 2 is 0.841 bits per heavy atom. The second-order valence-electron chi connectivity index (χ2n) is 24.3. The first-order valence-electron chi connectivity index (χ1n) is 31.3. The number of hydrogen-bond donors (Lipinski definition) is 0. The molecule has 0 aliphatic carbocycles. The van der Waals surface area contributed by atoms with Crippen molar-refractivity contribution >= 4 is 116 Å². The average Bonchev–Trinajstić information content (AvgIpc) is 3.73. The molecule has 2 heteroatoms. The fraction of sp³-hybridized carbons (Fsp3) is 0.225. The van der Waals surface area contributed by atoms with Crippen LogP contribution in [0.5, 0.6) is 0 Å². The molecule has 13 aromatic carbocycles. The molecule has 15 rings (SSSR count). The first-order valence-corrected chi connectivity index (χ1v) is 33.7. The van der Waals surface area contributed by atoms with Gasteiger partial charge in [0.05, 0.1) is 0 Å². The van der Waals surface area contributed by atoms with Crippen molar-refractivity contribution in [2.24, 2.45) is 0 Å². The van der Waals surface area contributed by atoms with Crippen molar-refractivity contribution in [2.45, 2.75) is 116 Å². The van der Waals surface area contributed by atoms with Crippen molar-refractivity contribution in [1.29, 1.82) is 0 Å². The molecule has 402 valence electrons. The molecule has 1 nitrogen and oxygen atoms in total. The summed E-state index contributed by atoms with van der Waals surface area (Å²) in [6.45, 7) is 6.99. The van der Waals surface area contributed by atoms with E-state index < -0.39 is 8.07 Å². The molecule has 2 heterocycles. The summed E-state index contributed by atoms with van der Waals surface area (Å²) in [5.41, 5.74) is 13.6. The van der Waals surface area contributed by atoms with Crippen LogP contribution in [0.25, 0.3) is 142 Å². The van der Waals surface area contributed by atoms with Gasteiger partial charge in [-0.25, -0.2) is 0 Å². The van der Waals surface area contributed by atoms with E-state index in [0.29, 0.717) is 0 Å². The van der Waals surface area contributed by atoms with Gasteiger partial charge >= 0.3 is 0 Å². The van der Waals surface area contributed by atoms with E-state index in [1.54, 1.807) is 10.4 Å². The van der Waals surface area contributed by atoms with Gasteiger partial charge in [0, 0.05) is 16.3 Å². The monoisotopic (exact) mass is 1080 g/mol. The van der Waals surface area contributed by atoms with Crippen molar-refractivity contribution < 1.29 is 4.42 Å². The third-order valence-corrected chi connectivity index (χ3v) is 24.8. The van der Waals surface area contributed by atoms with E-state index in [-0.39, 0.29) is 0 Å². The summed E-state index contributed by atoms with van der Waals surface area (Å²) in [5, 5.41) is 24.3. The van der Waals surface area contributed by atoms with Crippen LogP contribution in [0.15, 0.2) is 205 Å². The summed E-state index contributed by atoms with van der Waals surface area (Å²) in [5.74, 6) is 0. The fourth-order valence-corrected chi connectivity index (χ4v) is 21.1. The normalized spacial score (nSPS) is 13.2. The van der Waals surface area contributed by atoms with Crippen molar-refractivity contribution in [3.8, 4) is 44.5 Å². The Kier molecular flexibility index (Phi) is 13.1. The average molecular weight is 1080 g/mol. The molecule has 14 aromatic rings. The smallest absolute Gasteiger partial charge is 0.136 e. The molecule has 0 bridgehead atoms. The summed E-state index contributed by atoms with van der Waals surface area (Å²) < 4.78 is 6.94. The van der Waals surface area contributed by atoms with Gasteiger partial charge in [0.1, 0.15) is 19.2 Å². The second kappa shape index (κ2) is 21.1. The van der Waals surface area contributed by atoms with Gasteiger partial charge in [-0.1, -0.05) is 261 Å². The molecule has 0 radical (unpaired) electrons. The highest BCUT2D eigenvalue weighted by molar-refractivity contribution is 7.05. The van der Waals surface area contributed by atoms with Gasteiger partial charge in [0.2, 0.25) is 0 Å². The molecule has 0 unspecified atom stereocenters. The molecule has 0 atom stereocenters. The van der Waals surface area contributed by atoms with Crippen LogP contribution in [0.2, 0.25) is 12.1 Å². The highest BCUT2D eigenvalue weighted by atomic mass is 28.3. The molecule has 0 N–H and O–H groups in total. The number of furan rings is 1. The Balaban J connectivity index is 0.923. The second-order valence-corrected chi connectivity index (χ2v) is 28.5. The fourth-order valence-electron chi connectivity index (χ4n) is 15.5. The predicted octanol–water partition coefficient (Wildman–Crippen LogP) is 22.9. The zero-order valence-corrected chi connectivity index (χ0v) is 49.1. The molecule has 1 aliphatic heterocycles. The van der Waals surface area contributed by atoms with Crippen LogP contribution in [0, 0.1) is 0 Å². The number of benzene rings is 13. The van der Waals surface area contributed by atoms with E-state index in [9.17, 15) is 0 Å². The van der Waals surface area contributed by atoms with Crippen LogP contribution >= 0.6 is 0 Å². The molecular formula is C80H72OSi. The van der Waals surface area contributed by atoms with E-state index in [1.807, 2.05) is 0 Å². The largest absolute Gasteiger partial charge is 0.456 e. The number of fused-ring (bicyclic) bond motifs is 14. The number of rotatable bonds is 18. The Hall–Kier alpha value is -8.04. The summed E-state index contributed by atoms with van der Waals surface area (Å²) >= 11 is 0. The van der Waals surface area contributed by atoms with E-state index in [4.69, 9.17) is 4.42 Å². The first-order chi connectivity index (χ1) is 40.5. The minimum Gasteiger partial charge on any atom is -0.456 e. The maximum atomic E-state index is 6.94. The van der Waals surface area contributed by atoms with Crippen LogP contribution in [0.3, 0.4) is 0 Å². The lowest BCUT2D eigenvalue weighted by Crippen LogP contribution is -2.55. The molecule has 0 saturated carbocycles. The summed E-state index contributed by atoms with van der Waals surface area (Å²) in [7, 11) is -2.05. The Bertz CT molecular complexity index is 4700. The van der Waals surface area contributed by atoms with Gasteiger partial charge < -0.3 is 4.42 Å². The lowest BCUT2D eigenvalue weighted by molar-refractivity contribution is 0.667. The topological polar surface area (TPSA) is 13.1 Å². The highest BCUT2D eigenvalue weighted by Gasteiger charge is 2.44. The standard InChI is InChI=1S/C80H72OSi/c1-4-7-10-13-23-52-34-36-54(37-35-52)78-58(43-45-74-80(78)72-49-55(39-44-73(72)81-74)57-41-42-67-65-30-21-25-53-24-20-29-64(77(53)65)66-32-22-31-63(57)79(66)67)56-38-40-61-68(48-56)59-26-14-15-27-60(59)70-51-76-71(50-69(61)70)62-28-16-17-33-75(62)82(76,46-18-11-8-5-2)47-19-12-9-6-3/h14-17,20-22,24-45,48-51H,4-13,18-19,23,46-47H2,1-3H3. The quantitative estimate of drug-likeness (QED) is 0.0361. The van der Waals surface area contributed by atoms with E-state index >= 15 is 0 Å². The lowest BCUT2D eigenvalue weighted by Gasteiger charge is -2.31. The number of aryl methyl sites for hydroxylation is 1. The van der Waals surface area contributed by atoms with Gasteiger partial charge in [-0.05, 0) is 186 Å². The minimum atomic E-state index is -2.05. The van der Waals surface area contributed by atoms with Crippen molar-refractivity contribution in [1.82, 2.24) is 0 Å². The third-order valence-electron chi connectivity index (χ3n) is 19.5. The summed E-state index contributed by atoms with van der Waals surface area (Å²) in [6.07, 6.45) is 16.7. The van der Waals surface area contributed by atoms with Crippen LogP contribution in [-0.2, 0) is 6.42 Å². The van der Waals surface area contributed by atoms with E-state index in [2.05, 4.69) is 221 Å². The first kappa shape index (κ1) is 50.9. The van der Waals surface area contributed by atoms with E-state index in [1.165, 1.54) is 220 Å². The van der Waals surface area contributed by atoms with Crippen LogP contribution < -0.4 is 10.4 Å². The zero-order valence-electron chi connectivity index (χ0n) is 48.1. The number of hydrogen-bond acceptors (Lipinski definition) is 1. The van der Waals surface area contributed by atoms with Gasteiger partial charge in [0.25, 0.3) is 0 Å². The third kappa shape index (κ3) is 8.22. The molecule has 0 fully saturated rings. The maximum absolute atomic E-state index is 6.94. The molecule has 0 spiro atoms. The lowest BCUT2D eigenvalue weighted by atomic mass is 9.86. The van der Waals surface area contributed by atoms with Crippen LogP contribution in [0.4, 0.5) is 0 Å². The zero-order chi connectivity index (χ0) is 54.9. The Morgan fingerprint density at radius 3 is 1.59 bits per heavy atom. The maximum Gasteiger partial charge on any atom is 0.136 e. The van der Waals surface area contributed by atoms with Gasteiger partial charge in [0.15, 0.2) is 0 Å². The SMILES string of the molecule is CCCCCCc1ccc(-c2c(-c3ccc4c(c3)c3ccccc3c3cc5c(cc43)-c3ccccc3[Si]5(CCCCCC)CCCCCC)ccc3oc4ccc(-c5ccc6c7cccc8cccc(c9cccc5c96)c87)cc4c23)cc1. The summed E-state index contributed by atoms with van der Waals surface area (Å²) in [4.78, 5) is 0. The molecule has 0 amide bonds.